The Morgan fingerprint density at radius 1 is 1.03 bits per heavy atom. The summed E-state index contributed by atoms with van der Waals surface area (Å²) in [6, 6.07) is 20.5. The average Bonchev–Trinajstić information content (AvgIpc) is 3.70. The Kier molecular flexibility index (Phi) is 6.98. The Bertz CT molecular complexity index is 1480. The number of nitrogens with one attached hydrogen (secondary N) is 1. The molecule has 0 fully saturated rings. The van der Waals surface area contributed by atoms with Crippen molar-refractivity contribution in [2.45, 2.75) is 25.7 Å². The Hall–Kier alpha value is -4.86. The monoisotopic (exact) mass is 499 g/mol. The highest BCUT2D eigenvalue weighted by Gasteiger charge is 2.34. The zero-order valence-electron chi connectivity index (χ0n) is 20.1. The van der Waals surface area contributed by atoms with E-state index in [9.17, 15) is 9.59 Å². The number of rotatable bonds is 10. The quantitative estimate of drug-likeness (QED) is 0.311. The van der Waals surface area contributed by atoms with Crippen LogP contribution in [0.5, 0.6) is 5.75 Å². The Morgan fingerprint density at radius 2 is 1.86 bits per heavy atom. The lowest BCUT2D eigenvalue weighted by Gasteiger charge is -2.30. The number of furan rings is 2. The van der Waals surface area contributed by atoms with Crippen molar-refractivity contribution in [3.63, 3.8) is 0 Å². The van der Waals surface area contributed by atoms with Crippen molar-refractivity contribution in [3.8, 4) is 5.75 Å². The van der Waals surface area contributed by atoms with Gasteiger partial charge in [-0.05, 0) is 54.1 Å². The van der Waals surface area contributed by atoms with Gasteiger partial charge in [0.05, 0.1) is 31.7 Å². The summed E-state index contributed by atoms with van der Waals surface area (Å²) >= 11 is 0. The molecule has 3 heterocycles. The van der Waals surface area contributed by atoms with Crippen molar-refractivity contribution in [3.05, 3.63) is 102 Å². The first-order valence-corrected chi connectivity index (χ1v) is 11.7. The van der Waals surface area contributed by atoms with Gasteiger partial charge in [-0.25, -0.2) is 4.68 Å². The summed E-state index contributed by atoms with van der Waals surface area (Å²) in [6.07, 6.45) is 3.01. The molecule has 0 aliphatic rings. The number of hydrogen-bond acceptors (Lipinski definition) is 7. The smallest absolute Gasteiger partial charge is 0.251 e. The molecule has 1 N–H and O–H groups in total. The van der Waals surface area contributed by atoms with Crippen molar-refractivity contribution >= 4 is 22.8 Å². The predicted octanol–water partition coefficient (Wildman–Crippen LogP) is 3.71. The molecule has 0 spiro atoms. The van der Waals surface area contributed by atoms with Gasteiger partial charge in [-0.1, -0.05) is 29.5 Å². The van der Waals surface area contributed by atoms with Crippen LogP contribution >= 0.6 is 0 Å². The Balaban J connectivity index is 1.49. The van der Waals surface area contributed by atoms with Crippen molar-refractivity contribution in [2.75, 3.05) is 7.11 Å². The highest BCUT2D eigenvalue weighted by Crippen LogP contribution is 2.26. The maximum absolute atomic E-state index is 13.9. The molecule has 1 atom stereocenters. The minimum atomic E-state index is -1.04. The normalized spacial score (nSPS) is 11.8. The minimum absolute atomic E-state index is 0.118. The third-order valence-corrected chi connectivity index (χ3v) is 5.90. The van der Waals surface area contributed by atoms with Gasteiger partial charge in [0.1, 0.15) is 29.3 Å². The number of ether oxygens (including phenoxy) is 1. The summed E-state index contributed by atoms with van der Waals surface area (Å²) < 4.78 is 17.9. The van der Waals surface area contributed by atoms with Crippen LogP contribution < -0.4 is 10.1 Å². The molecule has 10 heteroatoms. The second-order valence-electron chi connectivity index (χ2n) is 8.32. The van der Waals surface area contributed by atoms with E-state index in [1.807, 2.05) is 48.5 Å². The molecule has 5 aromatic rings. The predicted molar refractivity (Wildman–Crippen MR) is 133 cm³/mol. The maximum Gasteiger partial charge on any atom is 0.251 e. The molecule has 0 bridgehead atoms. The minimum Gasteiger partial charge on any atom is -0.497 e. The maximum atomic E-state index is 13.9. The summed E-state index contributed by atoms with van der Waals surface area (Å²) in [4.78, 5) is 28.9. The third kappa shape index (κ3) is 5.37. The number of hydrogen-bond donors (Lipinski definition) is 1. The topological polar surface area (TPSA) is 116 Å². The Morgan fingerprint density at radius 3 is 2.65 bits per heavy atom. The molecule has 188 valence electrons. The first-order valence-electron chi connectivity index (χ1n) is 11.7. The second kappa shape index (κ2) is 10.8. The van der Waals surface area contributed by atoms with E-state index in [-0.39, 0.29) is 25.5 Å². The molecule has 10 nitrogen and oxygen atoms in total. The SMILES string of the molecule is COc1cccc(CN(C(=O)Cn2nnc3ccccc32)C(C(=O)NCc2ccco2)c2ccco2)c1. The number of carbonyl (C=O) groups is 2. The van der Waals surface area contributed by atoms with E-state index in [4.69, 9.17) is 13.6 Å². The van der Waals surface area contributed by atoms with Crippen molar-refractivity contribution in [1.29, 1.82) is 0 Å². The fourth-order valence-corrected chi connectivity index (χ4v) is 4.10. The summed E-state index contributed by atoms with van der Waals surface area (Å²) in [7, 11) is 1.57. The molecule has 3 aromatic heterocycles. The summed E-state index contributed by atoms with van der Waals surface area (Å²) in [5.41, 5.74) is 2.17. The van der Waals surface area contributed by atoms with Gasteiger partial charge >= 0.3 is 0 Å². The molecule has 1 unspecified atom stereocenters. The van der Waals surface area contributed by atoms with Crippen molar-refractivity contribution in [2.24, 2.45) is 0 Å². The average molecular weight is 500 g/mol. The van der Waals surface area contributed by atoms with Gasteiger partial charge in [0.2, 0.25) is 5.91 Å². The van der Waals surface area contributed by atoms with Crippen LogP contribution in [0.3, 0.4) is 0 Å². The zero-order valence-corrected chi connectivity index (χ0v) is 20.1. The molecule has 0 aliphatic carbocycles. The van der Waals surface area contributed by atoms with E-state index in [0.29, 0.717) is 28.3 Å². The van der Waals surface area contributed by atoms with Crippen molar-refractivity contribution < 1.29 is 23.2 Å². The number of nitrogens with zero attached hydrogens (tertiary/aromatic N) is 4. The molecular weight excluding hydrogens is 474 g/mol. The van der Waals surface area contributed by atoms with Crippen LogP contribution in [0.25, 0.3) is 11.0 Å². The standard InChI is InChI=1S/C27H25N5O5/c1-35-20-8-4-7-19(15-20)17-31(25(33)18-32-23-11-3-2-10-22(23)29-30-32)26(24-12-6-14-37-24)27(34)28-16-21-9-5-13-36-21/h2-15,26H,16-18H2,1H3,(H,28,34). The van der Waals surface area contributed by atoms with Crippen LogP contribution in [-0.2, 0) is 29.2 Å². The fraction of sp³-hybridized carbons (Fsp3) is 0.185. The summed E-state index contributed by atoms with van der Waals surface area (Å²) in [6.45, 7) is 0.174. The van der Waals surface area contributed by atoms with Crippen LogP contribution in [-0.4, -0.2) is 38.8 Å². The highest BCUT2D eigenvalue weighted by atomic mass is 16.5. The number of carbonyl (C=O) groups excluding carboxylic acids is 2. The van der Waals surface area contributed by atoms with Gasteiger partial charge in [0.25, 0.3) is 5.91 Å². The number of methoxy groups -OCH3 is 1. The highest BCUT2D eigenvalue weighted by molar-refractivity contribution is 5.88. The number of benzene rings is 2. The van der Waals surface area contributed by atoms with Crippen LogP contribution in [0, 0.1) is 0 Å². The lowest BCUT2D eigenvalue weighted by Crippen LogP contribution is -2.44. The molecule has 2 aromatic carbocycles. The van der Waals surface area contributed by atoms with Gasteiger partial charge in [-0.2, -0.15) is 0 Å². The molecule has 0 aliphatic heterocycles. The van der Waals surface area contributed by atoms with E-state index in [1.165, 1.54) is 22.1 Å². The number of fused-ring (bicyclic) bond motifs is 1. The van der Waals surface area contributed by atoms with Crippen molar-refractivity contribution in [1.82, 2.24) is 25.2 Å². The zero-order chi connectivity index (χ0) is 25.6. The lowest BCUT2D eigenvalue weighted by atomic mass is 10.1. The molecule has 0 radical (unpaired) electrons. The van der Waals surface area contributed by atoms with Gasteiger partial charge in [0, 0.05) is 6.54 Å². The summed E-state index contributed by atoms with van der Waals surface area (Å²) in [5.74, 6) is 0.811. The second-order valence-corrected chi connectivity index (χ2v) is 8.32. The van der Waals surface area contributed by atoms with Crippen LogP contribution in [0.15, 0.2) is 94.2 Å². The van der Waals surface area contributed by atoms with E-state index >= 15 is 0 Å². The number of para-hydroxylation sites is 1. The van der Waals surface area contributed by atoms with Gasteiger partial charge in [-0.15, -0.1) is 5.10 Å². The molecule has 0 saturated carbocycles. The number of amides is 2. The molecule has 2 amide bonds. The number of aromatic nitrogens is 3. The van der Waals surface area contributed by atoms with Crippen LogP contribution in [0.1, 0.15) is 23.1 Å². The van der Waals surface area contributed by atoms with Crippen LogP contribution in [0.2, 0.25) is 0 Å². The van der Waals surface area contributed by atoms with E-state index in [2.05, 4.69) is 15.6 Å². The summed E-state index contributed by atoms with van der Waals surface area (Å²) in [5, 5.41) is 11.2. The molecule has 0 saturated heterocycles. The molecule has 5 rings (SSSR count). The fourth-order valence-electron chi connectivity index (χ4n) is 4.10. The van der Waals surface area contributed by atoms with Gasteiger partial charge in [0.15, 0.2) is 6.04 Å². The lowest BCUT2D eigenvalue weighted by molar-refractivity contribution is -0.143. The van der Waals surface area contributed by atoms with E-state index in [0.717, 1.165) is 5.56 Å². The first-order chi connectivity index (χ1) is 18.1. The van der Waals surface area contributed by atoms with Gasteiger partial charge < -0.3 is 23.8 Å². The molecular formula is C27H25N5O5. The third-order valence-electron chi connectivity index (χ3n) is 5.90. The Labute approximate surface area is 212 Å². The van der Waals surface area contributed by atoms with E-state index < -0.39 is 11.9 Å². The largest absolute Gasteiger partial charge is 0.497 e. The first kappa shape index (κ1) is 23.9. The molecule has 37 heavy (non-hydrogen) atoms. The van der Waals surface area contributed by atoms with E-state index in [1.54, 1.807) is 31.4 Å². The van der Waals surface area contributed by atoms with Gasteiger partial charge in [-0.3, -0.25) is 9.59 Å². The van der Waals surface area contributed by atoms with Crippen LogP contribution in [0.4, 0.5) is 0 Å².